The number of β-amino-alcohol motifs (C(OH)–C–C–N with tert-alkyl or cyclic N) is 1. The van der Waals surface area contributed by atoms with Crippen molar-refractivity contribution in [1.82, 2.24) is 19.7 Å². The first-order valence-corrected chi connectivity index (χ1v) is 8.49. The molecule has 1 fully saturated rings. The molecule has 1 aliphatic heterocycles. The predicted octanol–water partition coefficient (Wildman–Crippen LogP) is 2.08. The lowest BCUT2D eigenvalue weighted by Crippen LogP contribution is -2.38. The van der Waals surface area contributed by atoms with Crippen LogP contribution in [0.5, 0.6) is 0 Å². The van der Waals surface area contributed by atoms with Gasteiger partial charge in [-0.25, -0.2) is 0 Å². The van der Waals surface area contributed by atoms with Crippen molar-refractivity contribution in [3.63, 3.8) is 0 Å². The summed E-state index contributed by atoms with van der Waals surface area (Å²) < 4.78 is 2.10. The third-order valence-corrected chi connectivity index (χ3v) is 4.71. The van der Waals surface area contributed by atoms with Gasteiger partial charge < -0.3 is 9.67 Å². The minimum atomic E-state index is -0.541. The van der Waals surface area contributed by atoms with Crippen LogP contribution in [-0.4, -0.2) is 44.4 Å². The Bertz CT molecular complexity index is 703. The number of likely N-dealkylation sites (tertiary alicyclic amines) is 1. The van der Waals surface area contributed by atoms with Crippen LogP contribution in [0.1, 0.15) is 48.7 Å². The van der Waals surface area contributed by atoms with Crippen LogP contribution in [0, 0.1) is 11.3 Å². The van der Waals surface area contributed by atoms with Gasteiger partial charge in [-0.2, -0.15) is 5.26 Å². The molecule has 2 heterocycles. The molecule has 0 amide bonds. The smallest absolute Gasteiger partial charge is 0.137 e. The number of piperidine rings is 1. The third kappa shape index (κ3) is 3.64. The van der Waals surface area contributed by atoms with Gasteiger partial charge in [-0.05, 0) is 44.0 Å². The summed E-state index contributed by atoms with van der Waals surface area (Å²) >= 11 is 0. The van der Waals surface area contributed by atoms with Crippen molar-refractivity contribution in [2.75, 3.05) is 19.6 Å². The van der Waals surface area contributed by atoms with E-state index in [1.165, 1.54) is 0 Å². The summed E-state index contributed by atoms with van der Waals surface area (Å²) in [5.74, 6) is 1.42. The number of aromatic nitrogens is 3. The summed E-state index contributed by atoms with van der Waals surface area (Å²) in [6.07, 6.45) is 3.46. The zero-order valence-corrected chi connectivity index (χ0v) is 14.0. The molecular formula is C18H23N5O. The van der Waals surface area contributed by atoms with Crippen molar-refractivity contribution in [2.45, 2.75) is 38.3 Å². The summed E-state index contributed by atoms with van der Waals surface area (Å²) in [6.45, 7) is 5.47. The van der Waals surface area contributed by atoms with Gasteiger partial charge in [-0.3, -0.25) is 4.90 Å². The van der Waals surface area contributed by atoms with E-state index in [9.17, 15) is 5.11 Å². The van der Waals surface area contributed by atoms with Crippen LogP contribution in [-0.2, 0) is 6.54 Å². The van der Waals surface area contributed by atoms with Crippen LogP contribution >= 0.6 is 0 Å². The zero-order valence-electron chi connectivity index (χ0n) is 14.0. The van der Waals surface area contributed by atoms with Crippen molar-refractivity contribution >= 4 is 0 Å². The molecule has 0 aliphatic carbocycles. The monoisotopic (exact) mass is 325 g/mol. The van der Waals surface area contributed by atoms with Gasteiger partial charge in [0.05, 0.1) is 17.7 Å². The average Bonchev–Trinajstić information content (AvgIpc) is 3.11. The topological polar surface area (TPSA) is 78.0 Å². The van der Waals surface area contributed by atoms with Crippen molar-refractivity contribution in [2.24, 2.45) is 0 Å². The third-order valence-electron chi connectivity index (χ3n) is 4.71. The molecule has 1 aromatic carbocycles. The van der Waals surface area contributed by atoms with E-state index in [1.54, 1.807) is 18.5 Å². The summed E-state index contributed by atoms with van der Waals surface area (Å²) in [4.78, 5) is 2.30. The second kappa shape index (κ2) is 7.56. The molecule has 6 nitrogen and oxygen atoms in total. The first-order valence-electron chi connectivity index (χ1n) is 8.49. The Hall–Kier alpha value is -2.23. The molecule has 1 N–H and O–H groups in total. The van der Waals surface area contributed by atoms with E-state index in [2.05, 4.69) is 32.7 Å². The minimum Gasteiger partial charge on any atom is -0.387 e. The van der Waals surface area contributed by atoms with E-state index in [1.807, 2.05) is 12.1 Å². The SMILES string of the molecule is CCn1cnnc1C1CCCN(CC(O)c2ccc(C#N)cc2)C1. The fraction of sp³-hybridized carbons (Fsp3) is 0.500. The molecule has 2 unspecified atom stereocenters. The van der Waals surface area contributed by atoms with Gasteiger partial charge in [-0.15, -0.1) is 10.2 Å². The Morgan fingerprint density at radius 3 is 2.88 bits per heavy atom. The summed E-state index contributed by atoms with van der Waals surface area (Å²) in [7, 11) is 0. The Balaban J connectivity index is 1.63. The summed E-state index contributed by atoms with van der Waals surface area (Å²) in [5.41, 5.74) is 1.47. The minimum absolute atomic E-state index is 0.370. The van der Waals surface area contributed by atoms with Gasteiger partial charge in [0.15, 0.2) is 0 Å². The second-order valence-corrected chi connectivity index (χ2v) is 6.32. The molecule has 6 heteroatoms. The Labute approximate surface area is 142 Å². The van der Waals surface area contributed by atoms with E-state index < -0.39 is 6.10 Å². The number of aliphatic hydroxyl groups excluding tert-OH is 1. The number of benzene rings is 1. The highest BCUT2D eigenvalue weighted by Crippen LogP contribution is 2.27. The number of nitriles is 1. The predicted molar refractivity (Wildman–Crippen MR) is 90.2 cm³/mol. The molecule has 2 aromatic rings. The van der Waals surface area contributed by atoms with Crippen LogP contribution in [0.2, 0.25) is 0 Å². The number of rotatable bonds is 5. The normalized spacial score (nSPS) is 19.8. The lowest BCUT2D eigenvalue weighted by molar-refractivity contribution is 0.0940. The zero-order chi connectivity index (χ0) is 16.9. The van der Waals surface area contributed by atoms with Gasteiger partial charge >= 0.3 is 0 Å². The summed E-state index contributed by atoms with van der Waals surface area (Å²) in [5, 5.41) is 27.7. The average molecular weight is 325 g/mol. The van der Waals surface area contributed by atoms with E-state index >= 15 is 0 Å². The molecular weight excluding hydrogens is 302 g/mol. The van der Waals surface area contributed by atoms with Crippen LogP contribution in [0.25, 0.3) is 0 Å². The lowest BCUT2D eigenvalue weighted by Gasteiger charge is -2.33. The highest BCUT2D eigenvalue weighted by molar-refractivity contribution is 5.32. The van der Waals surface area contributed by atoms with Crippen LogP contribution in [0.4, 0.5) is 0 Å². The molecule has 24 heavy (non-hydrogen) atoms. The van der Waals surface area contributed by atoms with Gasteiger partial charge in [0, 0.05) is 25.6 Å². The lowest BCUT2D eigenvalue weighted by atomic mass is 9.96. The highest BCUT2D eigenvalue weighted by Gasteiger charge is 2.26. The van der Waals surface area contributed by atoms with Crippen molar-refractivity contribution in [3.8, 4) is 6.07 Å². The summed E-state index contributed by atoms with van der Waals surface area (Å²) in [6, 6.07) is 9.27. The van der Waals surface area contributed by atoms with Crippen molar-refractivity contribution in [3.05, 3.63) is 47.5 Å². The fourth-order valence-electron chi connectivity index (χ4n) is 3.39. The number of hydrogen-bond donors (Lipinski definition) is 1. The molecule has 3 rings (SSSR count). The molecule has 0 spiro atoms. The number of aliphatic hydroxyl groups is 1. The molecule has 1 aliphatic rings. The molecule has 0 radical (unpaired) electrons. The Morgan fingerprint density at radius 1 is 1.38 bits per heavy atom. The van der Waals surface area contributed by atoms with Gasteiger partial charge in [-0.1, -0.05) is 12.1 Å². The van der Waals surface area contributed by atoms with Gasteiger partial charge in [0.2, 0.25) is 0 Å². The van der Waals surface area contributed by atoms with Gasteiger partial charge in [0.1, 0.15) is 12.2 Å². The van der Waals surface area contributed by atoms with Gasteiger partial charge in [0.25, 0.3) is 0 Å². The maximum atomic E-state index is 10.5. The maximum Gasteiger partial charge on any atom is 0.137 e. The van der Waals surface area contributed by atoms with Crippen molar-refractivity contribution in [1.29, 1.82) is 5.26 Å². The largest absolute Gasteiger partial charge is 0.387 e. The maximum absolute atomic E-state index is 10.5. The molecule has 0 bridgehead atoms. The van der Waals surface area contributed by atoms with E-state index in [4.69, 9.17) is 5.26 Å². The van der Waals surface area contributed by atoms with Crippen LogP contribution in [0.3, 0.4) is 0 Å². The van der Waals surface area contributed by atoms with Crippen molar-refractivity contribution < 1.29 is 5.11 Å². The van der Waals surface area contributed by atoms with E-state index in [0.29, 0.717) is 18.0 Å². The number of aryl methyl sites for hydroxylation is 1. The molecule has 126 valence electrons. The highest BCUT2D eigenvalue weighted by atomic mass is 16.3. The van der Waals surface area contributed by atoms with Crippen LogP contribution in [0.15, 0.2) is 30.6 Å². The fourth-order valence-corrected chi connectivity index (χ4v) is 3.39. The Morgan fingerprint density at radius 2 is 2.17 bits per heavy atom. The number of nitrogens with zero attached hydrogens (tertiary/aromatic N) is 5. The first kappa shape index (κ1) is 16.6. The molecule has 0 saturated carbocycles. The Kier molecular flexibility index (Phi) is 5.24. The van der Waals surface area contributed by atoms with E-state index in [-0.39, 0.29) is 0 Å². The first-order chi connectivity index (χ1) is 11.7. The number of hydrogen-bond acceptors (Lipinski definition) is 5. The molecule has 1 saturated heterocycles. The van der Waals surface area contributed by atoms with Crippen LogP contribution < -0.4 is 0 Å². The molecule has 1 aromatic heterocycles. The molecule has 2 atom stereocenters. The second-order valence-electron chi connectivity index (χ2n) is 6.32. The van der Waals surface area contributed by atoms with E-state index in [0.717, 1.165) is 43.9 Å². The quantitative estimate of drug-likeness (QED) is 0.910. The standard InChI is InChI=1S/C18H23N5O/c1-2-23-13-20-21-18(23)16-4-3-9-22(11-16)12-17(24)15-7-5-14(10-19)6-8-15/h5-8,13,16-17,24H,2-4,9,11-12H2,1H3.